The summed E-state index contributed by atoms with van der Waals surface area (Å²) in [5, 5.41) is 3.46. The maximum Gasteiger partial charge on any atom is 0.241 e. The molecule has 152 valence electrons. The summed E-state index contributed by atoms with van der Waals surface area (Å²) in [6.45, 7) is 4.00. The van der Waals surface area contributed by atoms with Crippen LogP contribution in [0.15, 0.2) is 83.8 Å². The van der Waals surface area contributed by atoms with E-state index in [4.69, 9.17) is 17.3 Å². The molecular formula is C24H27ClN2OS. The first kappa shape index (κ1) is 23.0. The van der Waals surface area contributed by atoms with E-state index >= 15 is 0 Å². The van der Waals surface area contributed by atoms with Crippen molar-refractivity contribution >= 4 is 35.0 Å². The topological polar surface area (TPSA) is 55.1 Å². The van der Waals surface area contributed by atoms with E-state index < -0.39 is 6.04 Å². The van der Waals surface area contributed by atoms with E-state index in [-0.39, 0.29) is 5.91 Å². The fraction of sp³-hybridized carbons (Fsp3) is 0.208. The van der Waals surface area contributed by atoms with Crippen molar-refractivity contribution < 1.29 is 4.79 Å². The highest BCUT2D eigenvalue weighted by Crippen LogP contribution is 2.31. The summed E-state index contributed by atoms with van der Waals surface area (Å²) in [5.41, 5.74) is 8.95. The van der Waals surface area contributed by atoms with E-state index in [1.165, 1.54) is 5.56 Å². The van der Waals surface area contributed by atoms with Crippen LogP contribution in [0.3, 0.4) is 0 Å². The Kier molecular flexibility index (Phi) is 9.78. The molecule has 0 aliphatic carbocycles. The molecule has 0 radical (unpaired) electrons. The molecule has 0 saturated carbocycles. The molecule has 0 spiro atoms. The highest BCUT2D eigenvalue weighted by Gasteiger charge is 2.15. The second kappa shape index (κ2) is 12.3. The largest absolute Gasteiger partial charge is 0.325 e. The van der Waals surface area contributed by atoms with Crippen molar-refractivity contribution in [2.45, 2.75) is 37.0 Å². The van der Waals surface area contributed by atoms with E-state index in [1.807, 2.05) is 74.5 Å². The van der Waals surface area contributed by atoms with Gasteiger partial charge in [-0.3, -0.25) is 4.79 Å². The molecule has 1 amide bonds. The van der Waals surface area contributed by atoms with E-state index in [0.29, 0.717) is 17.1 Å². The lowest BCUT2D eigenvalue weighted by atomic mass is 10.1. The molecule has 1 unspecified atom stereocenters. The van der Waals surface area contributed by atoms with Gasteiger partial charge in [-0.05, 0) is 35.7 Å². The first-order chi connectivity index (χ1) is 14.1. The fourth-order valence-corrected chi connectivity index (χ4v) is 3.85. The Morgan fingerprint density at radius 2 is 1.55 bits per heavy atom. The summed E-state index contributed by atoms with van der Waals surface area (Å²) in [6, 6.07) is 24.9. The van der Waals surface area contributed by atoms with Crippen molar-refractivity contribution in [3.05, 3.63) is 95.0 Å². The molecule has 3 aromatic carbocycles. The molecule has 0 saturated heterocycles. The zero-order valence-corrected chi connectivity index (χ0v) is 18.3. The van der Waals surface area contributed by atoms with E-state index in [1.54, 1.807) is 17.8 Å². The normalized spacial score (nSPS) is 11.2. The molecule has 0 aliphatic heterocycles. The third-order valence-electron chi connectivity index (χ3n) is 4.07. The summed E-state index contributed by atoms with van der Waals surface area (Å²) in [5.74, 6) is 0.619. The monoisotopic (exact) mass is 426 g/mol. The van der Waals surface area contributed by atoms with Gasteiger partial charge >= 0.3 is 0 Å². The third-order valence-corrected chi connectivity index (χ3v) is 5.64. The molecule has 0 aliphatic rings. The van der Waals surface area contributed by atoms with Crippen LogP contribution in [0.5, 0.6) is 0 Å². The summed E-state index contributed by atoms with van der Waals surface area (Å²) >= 11 is 8.05. The Bertz CT molecular complexity index is 888. The Labute approximate surface area is 182 Å². The number of nitrogens with two attached hydrogens (primary N) is 1. The van der Waals surface area contributed by atoms with E-state index in [0.717, 1.165) is 16.2 Å². The first-order valence-electron chi connectivity index (χ1n) is 9.68. The molecule has 29 heavy (non-hydrogen) atoms. The second-order valence-corrected chi connectivity index (χ2v) is 7.63. The predicted molar refractivity (Wildman–Crippen MR) is 126 cm³/mol. The maximum absolute atomic E-state index is 12.3. The van der Waals surface area contributed by atoms with Crippen molar-refractivity contribution in [3.8, 4) is 0 Å². The highest BCUT2D eigenvalue weighted by molar-refractivity contribution is 7.98. The summed E-state index contributed by atoms with van der Waals surface area (Å²) in [4.78, 5) is 13.3. The van der Waals surface area contributed by atoms with Crippen molar-refractivity contribution in [3.63, 3.8) is 0 Å². The smallest absolute Gasteiger partial charge is 0.241 e. The lowest BCUT2D eigenvalue weighted by Crippen LogP contribution is -2.37. The highest BCUT2D eigenvalue weighted by atomic mass is 35.5. The van der Waals surface area contributed by atoms with Crippen molar-refractivity contribution in [2.75, 3.05) is 5.32 Å². The van der Waals surface area contributed by atoms with Gasteiger partial charge in [-0.15, -0.1) is 11.8 Å². The molecule has 0 fully saturated rings. The summed E-state index contributed by atoms with van der Waals surface area (Å²) in [7, 11) is 0. The van der Waals surface area contributed by atoms with Crippen LogP contribution in [0, 0.1) is 0 Å². The molecule has 3 aromatic rings. The van der Waals surface area contributed by atoms with Gasteiger partial charge < -0.3 is 11.1 Å². The molecule has 0 aromatic heterocycles. The van der Waals surface area contributed by atoms with Gasteiger partial charge in [0, 0.05) is 16.3 Å². The first-order valence-corrected chi connectivity index (χ1v) is 11.0. The van der Waals surface area contributed by atoms with Crippen LogP contribution >= 0.6 is 23.4 Å². The van der Waals surface area contributed by atoms with Crippen LogP contribution in [0.2, 0.25) is 5.02 Å². The average molecular weight is 427 g/mol. The lowest BCUT2D eigenvalue weighted by Gasteiger charge is -2.13. The predicted octanol–water partition coefficient (Wildman–Crippen LogP) is 6.17. The molecule has 0 heterocycles. The van der Waals surface area contributed by atoms with Gasteiger partial charge in [0.2, 0.25) is 5.91 Å². The summed E-state index contributed by atoms with van der Waals surface area (Å²) < 4.78 is 0. The number of thioether (sulfide) groups is 1. The zero-order valence-electron chi connectivity index (χ0n) is 16.8. The van der Waals surface area contributed by atoms with Crippen LogP contribution in [-0.2, 0) is 17.0 Å². The van der Waals surface area contributed by atoms with Gasteiger partial charge in [0.25, 0.3) is 0 Å². The van der Waals surface area contributed by atoms with E-state index in [9.17, 15) is 4.79 Å². The van der Waals surface area contributed by atoms with Gasteiger partial charge in [-0.1, -0.05) is 86.1 Å². The van der Waals surface area contributed by atoms with Crippen molar-refractivity contribution in [1.82, 2.24) is 0 Å². The van der Waals surface area contributed by atoms with Crippen LogP contribution in [0.25, 0.3) is 0 Å². The number of halogens is 1. The van der Waals surface area contributed by atoms with Gasteiger partial charge in [0.05, 0.1) is 11.1 Å². The lowest BCUT2D eigenvalue weighted by molar-refractivity contribution is -0.117. The van der Waals surface area contributed by atoms with Gasteiger partial charge in [0.15, 0.2) is 0 Å². The molecule has 3 N–H and O–H groups in total. The number of anilines is 1. The number of rotatable bonds is 7. The Morgan fingerprint density at radius 1 is 0.966 bits per heavy atom. The molecule has 5 heteroatoms. The molecule has 3 rings (SSSR count). The number of carbonyl (C=O) groups is 1. The standard InChI is InChI=1S/C22H21ClN2OS.C2H6/c23-19-14-18(11-12-21(19)27-15-17-9-5-2-6-10-17)25-22(26)20(24)13-16-7-3-1-4-8-16;1-2/h1-12,14,20H,13,15,24H2,(H,25,26);1-2H3. The van der Waals surface area contributed by atoms with Crippen LogP contribution in [0.1, 0.15) is 25.0 Å². The zero-order chi connectivity index (χ0) is 21.1. The minimum Gasteiger partial charge on any atom is -0.325 e. The van der Waals surface area contributed by atoms with E-state index in [2.05, 4.69) is 17.4 Å². The molecular weight excluding hydrogens is 400 g/mol. The Balaban J connectivity index is 0.00000145. The van der Waals surface area contributed by atoms with Gasteiger partial charge in [-0.25, -0.2) is 0 Å². The SMILES string of the molecule is CC.NC(Cc1ccccc1)C(=O)Nc1ccc(SCc2ccccc2)c(Cl)c1. The maximum atomic E-state index is 12.3. The number of hydrogen-bond donors (Lipinski definition) is 2. The number of benzene rings is 3. The third kappa shape index (κ3) is 7.58. The van der Waals surface area contributed by atoms with Gasteiger partial charge in [-0.2, -0.15) is 0 Å². The minimum absolute atomic E-state index is 0.223. The molecule has 1 atom stereocenters. The fourth-order valence-electron chi connectivity index (χ4n) is 2.63. The molecule has 3 nitrogen and oxygen atoms in total. The van der Waals surface area contributed by atoms with Crippen molar-refractivity contribution in [1.29, 1.82) is 0 Å². The number of amides is 1. The minimum atomic E-state index is -0.613. The van der Waals surface area contributed by atoms with Gasteiger partial charge in [0.1, 0.15) is 0 Å². The van der Waals surface area contributed by atoms with Crippen LogP contribution in [0.4, 0.5) is 5.69 Å². The number of hydrogen-bond acceptors (Lipinski definition) is 3. The second-order valence-electron chi connectivity index (χ2n) is 6.20. The van der Waals surface area contributed by atoms with Crippen LogP contribution < -0.4 is 11.1 Å². The molecule has 0 bridgehead atoms. The number of carbonyl (C=O) groups excluding carboxylic acids is 1. The number of nitrogens with one attached hydrogen (secondary N) is 1. The summed E-state index contributed by atoms with van der Waals surface area (Å²) in [6.07, 6.45) is 0.491. The average Bonchev–Trinajstić information content (AvgIpc) is 2.76. The Hall–Kier alpha value is -2.27. The quantitative estimate of drug-likeness (QED) is 0.444. The Morgan fingerprint density at radius 3 is 2.14 bits per heavy atom. The van der Waals surface area contributed by atoms with Crippen LogP contribution in [-0.4, -0.2) is 11.9 Å². The van der Waals surface area contributed by atoms with Crippen molar-refractivity contribution in [2.24, 2.45) is 5.73 Å².